The summed E-state index contributed by atoms with van der Waals surface area (Å²) in [5, 5.41) is 2.75. The van der Waals surface area contributed by atoms with Crippen LogP contribution in [0.4, 0.5) is 0 Å². The molecule has 1 fully saturated rings. The van der Waals surface area contributed by atoms with Gasteiger partial charge in [-0.25, -0.2) is 4.79 Å². The summed E-state index contributed by atoms with van der Waals surface area (Å²) < 4.78 is 10.2. The molecule has 1 aliphatic rings. The van der Waals surface area contributed by atoms with Gasteiger partial charge < -0.3 is 14.8 Å². The Kier molecular flexibility index (Phi) is 4.92. The van der Waals surface area contributed by atoms with Gasteiger partial charge in [-0.15, -0.1) is 0 Å². The Balaban J connectivity index is 1.78. The predicted octanol–water partition coefficient (Wildman–Crippen LogP) is 1.09. The van der Waals surface area contributed by atoms with E-state index in [2.05, 4.69) is 5.32 Å². The number of para-hydroxylation sites is 1. The standard InChI is InChI=1S/C15H17NO5/c1-10(15(19)16-12-6-7-12)21-14(18)9-20-13-5-3-2-4-11(13)8-17/h2-5,8,10,12H,6-7,9H2,1H3,(H,16,19)/t10-/m1/s1. The number of esters is 1. The van der Waals surface area contributed by atoms with Crippen LogP contribution in [-0.2, 0) is 14.3 Å². The Morgan fingerprint density at radius 1 is 1.38 bits per heavy atom. The van der Waals surface area contributed by atoms with Crippen LogP contribution in [0.2, 0.25) is 0 Å². The van der Waals surface area contributed by atoms with E-state index in [9.17, 15) is 14.4 Å². The maximum atomic E-state index is 11.6. The minimum absolute atomic E-state index is 0.217. The van der Waals surface area contributed by atoms with E-state index in [1.54, 1.807) is 24.3 Å². The van der Waals surface area contributed by atoms with Crippen molar-refractivity contribution in [1.82, 2.24) is 5.32 Å². The van der Waals surface area contributed by atoms with Crippen molar-refractivity contribution >= 4 is 18.2 Å². The summed E-state index contributed by atoms with van der Waals surface area (Å²) in [4.78, 5) is 34.0. The molecule has 21 heavy (non-hydrogen) atoms. The molecule has 1 aromatic rings. The second-order valence-electron chi connectivity index (χ2n) is 4.86. The van der Waals surface area contributed by atoms with Gasteiger partial charge in [0.15, 0.2) is 19.0 Å². The number of hydrogen-bond donors (Lipinski definition) is 1. The molecule has 1 aromatic carbocycles. The van der Waals surface area contributed by atoms with Crippen molar-refractivity contribution in [1.29, 1.82) is 0 Å². The van der Waals surface area contributed by atoms with E-state index in [0.717, 1.165) is 12.8 Å². The molecule has 0 heterocycles. The number of aldehydes is 1. The SMILES string of the molecule is C[C@@H](OC(=O)COc1ccccc1C=O)C(=O)NC1CC1. The summed E-state index contributed by atoms with van der Waals surface area (Å²) in [6, 6.07) is 6.77. The molecule has 0 aromatic heterocycles. The van der Waals surface area contributed by atoms with Crippen molar-refractivity contribution in [2.45, 2.75) is 31.9 Å². The van der Waals surface area contributed by atoms with Gasteiger partial charge in [-0.2, -0.15) is 0 Å². The highest BCUT2D eigenvalue weighted by Crippen LogP contribution is 2.19. The molecule has 1 atom stereocenters. The normalized spacial score (nSPS) is 14.9. The van der Waals surface area contributed by atoms with Crippen LogP contribution in [0.25, 0.3) is 0 Å². The zero-order valence-electron chi connectivity index (χ0n) is 11.7. The molecule has 2 rings (SSSR count). The minimum atomic E-state index is -0.858. The van der Waals surface area contributed by atoms with Crippen molar-refractivity contribution < 1.29 is 23.9 Å². The zero-order valence-corrected chi connectivity index (χ0v) is 11.7. The van der Waals surface area contributed by atoms with Crippen LogP contribution in [0.5, 0.6) is 5.75 Å². The van der Waals surface area contributed by atoms with Crippen molar-refractivity contribution in [3.63, 3.8) is 0 Å². The second-order valence-corrected chi connectivity index (χ2v) is 4.86. The molecule has 0 saturated heterocycles. The molecule has 0 radical (unpaired) electrons. The molecule has 0 aliphatic heterocycles. The van der Waals surface area contributed by atoms with Crippen molar-refractivity contribution in [3.8, 4) is 5.75 Å². The lowest BCUT2D eigenvalue weighted by molar-refractivity contribution is -0.156. The van der Waals surface area contributed by atoms with Gasteiger partial charge in [-0.3, -0.25) is 9.59 Å². The molecular formula is C15H17NO5. The third-order valence-corrected chi connectivity index (χ3v) is 2.99. The summed E-state index contributed by atoms with van der Waals surface area (Å²) in [6.45, 7) is 1.15. The van der Waals surface area contributed by atoms with E-state index in [1.807, 2.05) is 0 Å². The summed E-state index contributed by atoms with van der Waals surface area (Å²) in [6.07, 6.45) is 1.73. The number of nitrogens with one attached hydrogen (secondary N) is 1. The average Bonchev–Trinajstić information content (AvgIpc) is 3.29. The van der Waals surface area contributed by atoms with E-state index >= 15 is 0 Å². The number of amides is 1. The molecule has 1 N–H and O–H groups in total. The number of hydrogen-bond acceptors (Lipinski definition) is 5. The number of ether oxygens (including phenoxy) is 2. The lowest BCUT2D eigenvalue weighted by Crippen LogP contribution is -2.37. The molecule has 0 bridgehead atoms. The lowest BCUT2D eigenvalue weighted by atomic mass is 10.2. The Labute approximate surface area is 122 Å². The fourth-order valence-corrected chi connectivity index (χ4v) is 1.68. The predicted molar refractivity (Wildman–Crippen MR) is 74.0 cm³/mol. The van der Waals surface area contributed by atoms with Gasteiger partial charge >= 0.3 is 5.97 Å². The highest BCUT2D eigenvalue weighted by atomic mass is 16.6. The summed E-state index contributed by atoms with van der Waals surface area (Å²) in [5.41, 5.74) is 0.352. The molecule has 112 valence electrons. The smallest absolute Gasteiger partial charge is 0.344 e. The van der Waals surface area contributed by atoms with E-state index < -0.39 is 12.1 Å². The highest BCUT2D eigenvalue weighted by Gasteiger charge is 2.27. The van der Waals surface area contributed by atoms with Crippen molar-refractivity contribution in [2.24, 2.45) is 0 Å². The van der Waals surface area contributed by atoms with Crippen LogP contribution in [-0.4, -0.2) is 36.9 Å². The summed E-state index contributed by atoms with van der Waals surface area (Å²) in [7, 11) is 0. The number of benzene rings is 1. The number of carbonyl (C=O) groups is 3. The van der Waals surface area contributed by atoms with Gasteiger partial charge in [0.05, 0.1) is 5.56 Å². The molecular weight excluding hydrogens is 274 g/mol. The third-order valence-electron chi connectivity index (χ3n) is 2.99. The molecule has 1 aliphatic carbocycles. The Morgan fingerprint density at radius 3 is 2.76 bits per heavy atom. The Bertz CT molecular complexity index is 539. The van der Waals surface area contributed by atoms with Crippen LogP contribution < -0.4 is 10.1 Å². The third kappa shape index (κ3) is 4.59. The first kappa shape index (κ1) is 15.0. The van der Waals surface area contributed by atoms with Gasteiger partial charge in [0.1, 0.15) is 5.75 Å². The van der Waals surface area contributed by atoms with Crippen LogP contribution >= 0.6 is 0 Å². The summed E-state index contributed by atoms with van der Waals surface area (Å²) in [5.74, 6) is -0.659. The van der Waals surface area contributed by atoms with Crippen LogP contribution in [0.15, 0.2) is 24.3 Å². The van der Waals surface area contributed by atoms with Gasteiger partial charge in [0.2, 0.25) is 0 Å². The maximum absolute atomic E-state index is 11.6. The van der Waals surface area contributed by atoms with Gasteiger partial charge in [0.25, 0.3) is 5.91 Å². The Morgan fingerprint density at radius 2 is 2.10 bits per heavy atom. The van der Waals surface area contributed by atoms with Crippen LogP contribution in [0.1, 0.15) is 30.1 Å². The van der Waals surface area contributed by atoms with E-state index in [4.69, 9.17) is 9.47 Å². The van der Waals surface area contributed by atoms with Gasteiger partial charge in [-0.05, 0) is 31.9 Å². The topological polar surface area (TPSA) is 81.7 Å². The monoisotopic (exact) mass is 291 g/mol. The van der Waals surface area contributed by atoms with Crippen molar-refractivity contribution in [3.05, 3.63) is 29.8 Å². The molecule has 6 nitrogen and oxygen atoms in total. The largest absolute Gasteiger partial charge is 0.481 e. The zero-order chi connectivity index (χ0) is 15.2. The van der Waals surface area contributed by atoms with Gasteiger partial charge in [-0.1, -0.05) is 12.1 Å². The number of rotatable bonds is 7. The first-order chi connectivity index (χ1) is 10.1. The van der Waals surface area contributed by atoms with E-state index in [1.165, 1.54) is 6.92 Å². The second kappa shape index (κ2) is 6.88. The first-order valence-electron chi connectivity index (χ1n) is 6.77. The number of carbonyl (C=O) groups excluding carboxylic acids is 3. The van der Waals surface area contributed by atoms with Crippen LogP contribution in [0, 0.1) is 0 Å². The minimum Gasteiger partial charge on any atom is -0.481 e. The maximum Gasteiger partial charge on any atom is 0.344 e. The first-order valence-corrected chi connectivity index (χ1v) is 6.77. The van der Waals surface area contributed by atoms with E-state index in [0.29, 0.717) is 17.6 Å². The fraction of sp³-hybridized carbons (Fsp3) is 0.400. The highest BCUT2D eigenvalue weighted by molar-refractivity contribution is 5.84. The molecule has 1 saturated carbocycles. The molecule has 0 spiro atoms. The average molecular weight is 291 g/mol. The fourth-order valence-electron chi connectivity index (χ4n) is 1.68. The van der Waals surface area contributed by atoms with Gasteiger partial charge in [0, 0.05) is 6.04 Å². The molecule has 0 unspecified atom stereocenters. The molecule has 1 amide bonds. The van der Waals surface area contributed by atoms with Crippen molar-refractivity contribution in [2.75, 3.05) is 6.61 Å². The lowest BCUT2D eigenvalue weighted by Gasteiger charge is -2.13. The quantitative estimate of drug-likeness (QED) is 0.600. The molecule has 6 heteroatoms. The van der Waals surface area contributed by atoms with Crippen LogP contribution in [0.3, 0.4) is 0 Å². The van der Waals surface area contributed by atoms with E-state index in [-0.39, 0.29) is 18.6 Å². The Hall–Kier alpha value is -2.37. The summed E-state index contributed by atoms with van der Waals surface area (Å²) >= 11 is 0.